The highest BCUT2D eigenvalue weighted by Gasteiger charge is 2.32. The van der Waals surface area contributed by atoms with Gasteiger partial charge in [0.2, 0.25) is 0 Å². The van der Waals surface area contributed by atoms with Gasteiger partial charge >= 0.3 is 6.09 Å². The number of nitrogens with zero attached hydrogens (tertiary/aromatic N) is 4. The van der Waals surface area contributed by atoms with E-state index in [4.69, 9.17) is 10.5 Å². The predicted octanol–water partition coefficient (Wildman–Crippen LogP) is 3.23. The number of hydrogen-bond acceptors (Lipinski definition) is 6. The standard InChI is InChI=1S/C20H25N5O2/c1-13-6-14(7-20(2,3)27-19(22)26)11-25(10-13)17-5-4-15(8-21)18-16(17)9-23-12-24-18/h4-5,9,12-14H,6-7,10-11H2,1-3H3,(H2,22,26)/t13-,14+/m0/s1. The van der Waals surface area contributed by atoms with E-state index in [0.29, 0.717) is 22.9 Å². The first-order valence-electron chi connectivity index (χ1n) is 9.15. The number of nitriles is 1. The van der Waals surface area contributed by atoms with E-state index in [1.54, 1.807) is 6.20 Å². The second-order valence-corrected chi connectivity index (χ2v) is 8.03. The molecule has 1 aliphatic heterocycles. The number of fused-ring (bicyclic) bond motifs is 1. The number of primary amides is 1. The Balaban J connectivity index is 1.88. The van der Waals surface area contributed by atoms with E-state index in [1.165, 1.54) is 6.33 Å². The van der Waals surface area contributed by atoms with Crippen LogP contribution in [0.25, 0.3) is 10.9 Å². The molecule has 1 aromatic carbocycles. The molecule has 1 aromatic heterocycles. The Morgan fingerprint density at radius 2 is 2.22 bits per heavy atom. The number of rotatable bonds is 4. The van der Waals surface area contributed by atoms with Crippen molar-refractivity contribution in [3.63, 3.8) is 0 Å². The molecular formula is C20H25N5O2. The summed E-state index contributed by atoms with van der Waals surface area (Å²) in [5, 5.41) is 10.2. The van der Waals surface area contributed by atoms with Crippen LogP contribution < -0.4 is 10.6 Å². The summed E-state index contributed by atoms with van der Waals surface area (Å²) in [5.74, 6) is 0.849. The lowest BCUT2D eigenvalue weighted by atomic mass is 9.83. The van der Waals surface area contributed by atoms with Crippen LogP contribution in [0, 0.1) is 23.2 Å². The largest absolute Gasteiger partial charge is 0.444 e. The average molecular weight is 367 g/mol. The zero-order valence-electron chi connectivity index (χ0n) is 16.0. The minimum atomic E-state index is -0.740. The summed E-state index contributed by atoms with van der Waals surface area (Å²) < 4.78 is 5.28. The van der Waals surface area contributed by atoms with E-state index in [2.05, 4.69) is 27.9 Å². The maximum atomic E-state index is 11.2. The molecule has 2 aromatic rings. The molecule has 1 saturated heterocycles. The number of amides is 1. The fourth-order valence-corrected chi connectivity index (χ4v) is 4.26. The molecule has 0 spiro atoms. The Hall–Kier alpha value is -2.88. The molecule has 142 valence electrons. The molecule has 1 amide bonds. The fraction of sp³-hybridized carbons (Fsp3) is 0.500. The second-order valence-electron chi connectivity index (χ2n) is 8.03. The summed E-state index contributed by atoms with van der Waals surface area (Å²) in [6, 6.07) is 5.99. The Bertz CT molecular complexity index is 890. The molecule has 7 nitrogen and oxygen atoms in total. The average Bonchev–Trinajstić information content (AvgIpc) is 2.58. The number of nitrogens with two attached hydrogens (primary N) is 1. The maximum Gasteiger partial charge on any atom is 0.405 e. The van der Waals surface area contributed by atoms with Crippen LogP contribution in [0.4, 0.5) is 10.5 Å². The molecule has 3 rings (SSSR count). The van der Waals surface area contributed by atoms with Gasteiger partial charge in [-0.25, -0.2) is 14.8 Å². The SMILES string of the molecule is C[C@H]1C[C@H](CC(C)(C)OC(N)=O)CN(c2ccc(C#N)c3ncncc23)C1. The topological polar surface area (TPSA) is 105 Å². The highest BCUT2D eigenvalue weighted by Crippen LogP contribution is 2.35. The molecule has 2 atom stereocenters. The lowest BCUT2D eigenvalue weighted by molar-refractivity contribution is 0.0229. The van der Waals surface area contributed by atoms with Gasteiger partial charge in [0.15, 0.2) is 0 Å². The van der Waals surface area contributed by atoms with Gasteiger partial charge in [-0.05, 0) is 50.7 Å². The third-order valence-electron chi connectivity index (χ3n) is 5.02. The predicted molar refractivity (Wildman–Crippen MR) is 103 cm³/mol. The monoisotopic (exact) mass is 367 g/mol. The van der Waals surface area contributed by atoms with Gasteiger partial charge in [0.05, 0.1) is 11.1 Å². The number of hydrogen-bond donors (Lipinski definition) is 1. The van der Waals surface area contributed by atoms with E-state index in [1.807, 2.05) is 26.0 Å². The van der Waals surface area contributed by atoms with Crippen LogP contribution in [0.5, 0.6) is 0 Å². The normalized spacial score (nSPS) is 20.3. The highest BCUT2D eigenvalue weighted by atomic mass is 16.6. The Morgan fingerprint density at radius 1 is 1.44 bits per heavy atom. The van der Waals surface area contributed by atoms with E-state index < -0.39 is 11.7 Å². The Labute approximate surface area is 159 Å². The summed E-state index contributed by atoms with van der Waals surface area (Å²) >= 11 is 0. The van der Waals surface area contributed by atoms with Crippen molar-refractivity contribution in [1.29, 1.82) is 5.26 Å². The van der Waals surface area contributed by atoms with Crippen molar-refractivity contribution < 1.29 is 9.53 Å². The number of carbonyl (C=O) groups excluding carboxylic acids is 1. The van der Waals surface area contributed by atoms with Gasteiger partial charge in [-0.15, -0.1) is 0 Å². The molecule has 0 saturated carbocycles. The molecule has 0 radical (unpaired) electrons. The van der Waals surface area contributed by atoms with E-state index >= 15 is 0 Å². The van der Waals surface area contributed by atoms with Gasteiger partial charge in [0, 0.05) is 30.4 Å². The number of benzene rings is 1. The summed E-state index contributed by atoms with van der Waals surface area (Å²) in [5.41, 5.74) is 6.87. The van der Waals surface area contributed by atoms with E-state index in [0.717, 1.165) is 37.0 Å². The molecule has 2 heterocycles. The number of aromatic nitrogens is 2. The molecular weight excluding hydrogens is 342 g/mol. The van der Waals surface area contributed by atoms with Gasteiger partial charge < -0.3 is 15.4 Å². The van der Waals surface area contributed by atoms with Crippen LogP contribution in [-0.4, -0.2) is 34.8 Å². The number of piperidine rings is 1. The molecule has 0 aliphatic carbocycles. The second kappa shape index (κ2) is 7.39. The van der Waals surface area contributed by atoms with Crippen molar-refractivity contribution in [2.45, 2.75) is 39.2 Å². The van der Waals surface area contributed by atoms with Crippen LogP contribution in [0.1, 0.15) is 39.2 Å². The number of anilines is 1. The summed E-state index contributed by atoms with van der Waals surface area (Å²) in [4.78, 5) is 21.9. The molecule has 2 N–H and O–H groups in total. The molecule has 0 unspecified atom stereocenters. The summed E-state index contributed by atoms with van der Waals surface area (Å²) in [6.45, 7) is 7.78. The van der Waals surface area contributed by atoms with Crippen molar-refractivity contribution in [2.75, 3.05) is 18.0 Å². The van der Waals surface area contributed by atoms with Gasteiger partial charge in [0.25, 0.3) is 0 Å². The number of ether oxygens (including phenoxy) is 1. The van der Waals surface area contributed by atoms with Crippen LogP contribution >= 0.6 is 0 Å². The molecule has 1 fully saturated rings. The van der Waals surface area contributed by atoms with Gasteiger partial charge in [-0.2, -0.15) is 5.26 Å². The van der Waals surface area contributed by atoms with Crippen molar-refractivity contribution in [2.24, 2.45) is 17.6 Å². The zero-order valence-corrected chi connectivity index (χ0v) is 16.0. The van der Waals surface area contributed by atoms with Crippen molar-refractivity contribution in [3.8, 4) is 6.07 Å². The van der Waals surface area contributed by atoms with Crippen molar-refractivity contribution in [3.05, 3.63) is 30.2 Å². The van der Waals surface area contributed by atoms with Crippen LogP contribution in [-0.2, 0) is 4.74 Å². The van der Waals surface area contributed by atoms with Crippen LogP contribution in [0.2, 0.25) is 0 Å². The zero-order chi connectivity index (χ0) is 19.6. The third kappa shape index (κ3) is 4.27. The molecule has 7 heteroatoms. The lowest BCUT2D eigenvalue weighted by Crippen LogP contribution is -2.43. The number of carbonyl (C=O) groups is 1. The molecule has 27 heavy (non-hydrogen) atoms. The van der Waals surface area contributed by atoms with E-state index in [9.17, 15) is 10.1 Å². The van der Waals surface area contributed by atoms with Crippen molar-refractivity contribution >= 4 is 22.7 Å². The first kappa shape index (κ1) is 18.9. The quantitative estimate of drug-likeness (QED) is 0.889. The van der Waals surface area contributed by atoms with Gasteiger partial charge in [-0.3, -0.25) is 0 Å². The minimum absolute atomic E-state index is 0.360. The van der Waals surface area contributed by atoms with Crippen molar-refractivity contribution in [1.82, 2.24) is 9.97 Å². The smallest absolute Gasteiger partial charge is 0.405 e. The van der Waals surface area contributed by atoms with E-state index in [-0.39, 0.29) is 0 Å². The maximum absolute atomic E-state index is 11.2. The lowest BCUT2D eigenvalue weighted by Gasteiger charge is -2.40. The van der Waals surface area contributed by atoms with Gasteiger partial charge in [0.1, 0.15) is 18.0 Å². The summed E-state index contributed by atoms with van der Waals surface area (Å²) in [6.07, 6.45) is 4.30. The third-order valence-corrected chi connectivity index (χ3v) is 5.02. The first-order valence-corrected chi connectivity index (χ1v) is 9.15. The Morgan fingerprint density at radius 3 is 2.93 bits per heavy atom. The minimum Gasteiger partial charge on any atom is -0.444 e. The molecule has 1 aliphatic rings. The first-order chi connectivity index (χ1) is 12.8. The Kier molecular flexibility index (Phi) is 5.17. The van der Waals surface area contributed by atoms with Gasteiger partial charge in [-0.1, -0.05) is 6.92 Å². The highest BCUT2D eigenvalue weighted by molar-refractivity contribution is 5.94. The summed E-state index contributed by atoms with van der Waals surface area (Å²) in [7, 11) is 0. The molecule has 0 bridgehead atoms. The van der Waals surface area contributed by atoms with Crippen LogP contribution in [0.15, 0.2) is 24.7 Å². The van der Waals surface area contributed by atoms with Crippen LogP contribution in [0.3, 0.4) is 0 Å². The fourth-order valence-electron chi connectivity index (χ4n) is 4.26.